The van der Waals surface area contributed by atoms with Gasteiger partial charge in [0, 0.05) is 17.1 Å². The first-order valence-corrected chi connectivity index (χ1v) is 13.3. The van der Waals surface area contributed by atoms with Gasteiger partial charge in [0.1, 0.15) is 9.81 Å². The monoisotopic (exact) mass is 547 g/mol. The Balaban J connectivity index is 2.60. The average molecular weight is 548 g/mol. The number of amides is 1. The number of aryl methyl sites for hydroxylation is 1. The number of ether oxygens (including phenoxy) is 3. The Labute approximate surface area is 205 Å². The van der Waals surface area contributed by atoms with E-state index in [2.05, 4.69) is 0 Å². The van der Waals surface area contributed by atoms with Crippen LogP contribution in [-0.2, 0) is 14.8 Å². The van der Waals surface area contributed by atoms with Gasteiger partial charge in [-0.1, -0.05) is 0 Å². The molecule has 1 N–H and O–H groups in total. The van der Waals surface area contributed by atoms with Crippen molar-refractivity contribution < 1.29 is 36.2 Å². The zero-order valence-corrected chi connectivity index (χ0v) is 21.7. The number of rotatable bonds is 10. The fourth-order valence-electron chi connectivity index (χ4n) is 2.75. The standard InChI is InChI=1S/C20H25Cl2F2NO6S2/c1-11-12-13(23)15(29-9-5-7-21)16(30-10-6-8-22)14(24)17(12)32-18(11)33(27,28)25-19(26)31-20(2,3)4/h5-10H2,1-4H3,(H,25,26). The first kappa shape index (κ1) is 27.7. The van der Waals surface area contributed by atoms with Gasteiger partial charge >= 0.3 is 6.09 Å². The lowest BCUT2D eigenvalue weighted by molar-refractivity contribution is 0.0570. The Hall–Kier alpha value is -1.56. The highest BCUT2D eigenvalue weighted by atomic mass is 35.5. The lowest BCUT2D eigenvalue weighted by Crippen LogP contribution is -2.36. The second kappa shape index (κ2) is 11.2. The fraction of sp³-hybridized carbons (Fsp3) is 0.550. The molecular weight excluding hydrogens is 523 g/mol. The van der Waals surface area contributed by atoms with Gasteiger partial charge in [-0.2, -0.15) is 0 Å². The van der Waals surface area contributed by atoms with Crippen LogP contribution in [0.1, 0.15) is 39.2 Å². The van der Waals surface area contributed by atoms with Crippen molar-refractivity contribution in [2.75, 3.05) is 25.0 Å². The molecule has 13 heteroatoms. The summed E-state index contributed by atoms with van der Waals surface area (Å²) < 4.78 is 73.2. The van der Waals surface area contributed by atoms with Crippen molar-refractivity contribution in [1.29, 1.82) is 0 Å². The molecule has 0 radical (unpaired) electrons. The van der Waals surface area contributed by atoms with Gasteiger partial charge in [0.25, 0.3) is 10.0 Å². The van der Waals surface area contributed by atoms with Crippen molar-refractivity contribution in [3.05, 3.63) is 17.2 Å². The molecule has 2 rings (SSSR count). The van der Waals surface area contributed by atoms with Crippen molar-refractivity contribution >= 4 is 60.7 Å². The van der Waals surface area contributed by atoms with Crippen molar-refractivity contribution in [3.63, 3.8) is 0 Å². The van der Waals surface area contributed by atoms with Crippen molar-refractivity contribution in [2.45, 2.75) is 50.3 Å². The maximum absolute atomic E-state index is 15.5. The molecule has 33 heavy (non-hydrogen) atoms. The van der Waals surface area contributed by atoms with Gasteiger partial charge in [-0.15, -0.1) is 34.5 Å². The summed E-state index contributed by atoms with van der Waals surface area (Å²) in [4.78, 5) is 12.0. The number of hydrogen-bond donors (Lipinski definition) is 1. The van der Waals surface area contributed by atoms with Gasteiger partial charge in [-0.05, 0) is 46.1 Å². The Morgan fingerprint density at radius 3 is 2.03 bits per heavy atom. The summed E-state index contributed by atoms with van der Waals surface area (Å²) in [7, 11) is -4.48. The molecule has 0 saturated heterocycles. The molecule has 0 aliphatic rings. The second-order valence-corrected chi connectivity index (χ2v) is 11.5. The highest BCUT2D eigenvalue weighted by Gasteiger charge is 2.32. The van der Waals surface area contributed by atoms with E-state index >= 15 is 8.78 Å². The quantitative estimate of drug-likeness (QED) is 0.302. The number of halogens is 4. The van der Waals surface area contributed by atoms with Crippen LogP contribution in [0.25, 0.3) is 10.1 Å². The smallest absolute Gasteiger partial charge is 0.421 e. The van der Waals surface area contributed by atoms with E-state index in [1.165, 1.54) is 6.92 Å². The molecule has 0 atom stereocenters. The van der Waals surface area contributed by atoms with Crippen LogP contribution in [-0.4, -0.2) is 45.1 Å². The van der Waals surface area contributed by atoms with E-state index in [9.17, 15) is 13.2 Å². The van der Waals surface area contributed by atoms with Gasteiger partial charge in [0.2, 0.25) is 11.5 Å². The summed E-state index contributed by atoms with van der Waals surface area (Å²) in [6.45, 7) is 5.98. The largest absolute Gasteiger partial charge is 0.487 e. The molecule has 0 fully saturated rings. The summed E-state index contributed by atoms with van der Waals surface area (Å²) in [6, 6.07) is 0. The van der Waals surface area contributed by atoms with Gasteiger partial charge in [-0.3, -0.25) is 0 Å². The van der Waals surface area contributed by atoms with E-state index in [1.807, 2.05) is 0 Å². The van der Waals surface area contributed by atoms with Crippen LogP contribution in [0, 0.1) is 18.6 Å². The third-order valence-electron chi connectivity index (χ3n) is 4.04. The highest BCUT2D eigenvalue weighted by Crippen LogP contribution is 2.46. The number of fused-ring (bicyclic) bond motifs is 1. The first-order chi connectivity index (χ1) is 15.3. The Morgan fingerprint density at radius 1 is 1.03 bits per heavy atom. The maximum Gasteiger partial charge on any atom is 0.421 e. The van der Waals surface area contributed by atoms with E-state index in [0.717, 1.165) is 0 Å². The molecule has 0 unspecified atom stereocenters. The van der Waals surface area contributed by atoms with Crippen LogP contribution < -0.4 is 14.2 Å². The Morgan fingerprint density at radius 2 is 1.55 bits per heavy atom. The lowest BCUT2D eigenvalue weighted by Gasteiger charge is -2.19. The van der Waals surface area contributed by atoms with Crippen LogP contribution in [0.2, 0.25) is 0 Å². The van der Waals surface area contributed by atoms with Crippen LogP contribution in [0.3, 0.4) is 0 Å². The van der Waals surface area contributed by atoms with Gasteiger partial charge in [0.05, 0.1) is 17.9 Å². The molecule has 1 amide bonds. The number of benzene rings is 1. The number of alkyl halides is 2. The second-order valence-electron chi connectivity index (χ2n) is 7.89. The van der Waals surface area contributed by atoms with Crippen LogP contribution >= 0.6 is 34.5 Å². The number of nitrogens with one attached hydrogen (secondary N) is 1. The predicted octanol–water partition coefficient (Wildman–Crippen LogP) is 5.72. The molecule has 0 bridgehead atoms. The molecule has 1 aromatic heterocycles. The Kier molecular flexibility index (Phi) is 9.43. The summed E-state index contributed by atoms with van der Waals surface area (Å²) in [5.74, 6) is -2.44. The molecule has 2 aromatic rings. The first-order valence-electron chi connectivity index (χ1n) is 9.91. The minimum Gasteiger partial charge on any atom is -0.487 e. The van der Waals surface area contributed by atoms with E-state index in [4.69, 9.17) is 37.4 Å². The Bertz CT molecular complexity index is 1120. The van der Waals surface area contributed by atoms with Crippen LogP contribution in [0.5, 0.6) is 11.5 Å². The number of hydrogen-bond acceptors (Lipinski definition) is 7. The molecule has 0 aliphatic heterocycles. The topological polar surface area (TPSA) is 90.9 Å². The fourth-order valence-corrected chi connectivity index (χ4v) is 5.61. The summed E-state index contributed by atoms with van der Waals surface area (Å²) in [5.41, 5.74) is -1.03. The van der Waals surface area contributed by atoms with Crippen molar-refractivity contribution in [2.24, 2.45) is 0 Å². The van der Waals surface area contributed by atoms with Gasteiger partial charge in [-0.25, -0.2) is 26.7 Å². The van der Waals surface area contributed by atoms with E-state index in [1.54, 1.807) is 25.5 Å². The zero-order valence-electron chi connectivity index (χ0n) is 18.5. The van der Waals surface area contributed by atoms with Gasteiger partial charge in [0.15, 0.2) is 11.6 Å². The molecule has 0 aliphatic carbocycles. The third kappa shape index (κ3) is 6.74. The normalized spacial score (nSPS) is 12.1. The molecule has 0 saturated carbocycles. The molecule has 1 aromatic carbocycles. The zero-order chi connectivity index (χ0) is 25.0. The number of carbonyl (C=O) groups excluding carboxylic acids is 1. The summed E-state index contributed by atoms with van der Waals surface area (Å²) >= 11 is 11.7. The van der Waals surface area contributed by atoms with Crippen molar-refractivity contribution in [3.8, 4) is 11.5 Å². The molecular formula is C20H25Cl2F2NO6S2. The van der Waals surface area contributed by atoms with E-state index < -0.39 is 49.1 Å². The average Bonchev–Trinajstić information content (AvgIpc) is 3.04. The summed E-state index contributed by atoms with van der Waals surface area (Å²) in [5, 5.41) is -0.285. The summed E-state index contributed by atoms with van der Waals surface area (Å²) in [6.07, 6.45) is -0.482. The minimum atomic E-state index is -4.48. The van der Waals surface area contributed by atoms with Gasteiger partial charge < -0.3 is 14.2 Å². The molecule has 186 valence electrons. The van der Waals surface area contributed by atoms with E-state index in [0.29, 0.717) is 24.2 Å². The predicted molar refractivity (Wildman–Crippen MR) is 125 cm³/mol. The number of sulfonamides is 1. The van der Waals surface area contributed by atoms with E-state index in [-0.39, 0.29) is 40.6 Å². The SMILES string of the molecule is Cc1c(S(=O)(=O)NC(=O)OC(C)(C)C)sc2c(F)c(OCCCCl)c(OCCCCl)c(F)c12. The molecule has 7 nitrogen and oxygen atoms in total. The third-order valence-corrected chi connectivity index (χ3v) is 7.79. The molecule has 0 spiro atoms. The van der Waals surface area contributed by atoms with Crippen LogP contribution in [0.15, 0.2) is 4.21 Å². The van der Waals surface area contributed by atoms with Crippen molar-refractivity contribution in [1.82, 2.24) is 4.72 Å². The maximum atomic E-state index is 15.5. The molecule has 1 heterocycles. The van der Waals surface area contributed by atoms with Crippen LogP contribution in [0.4, 0.5) is 13.6 Å². The lowest BCUT2D eigenvalue weighted by atomic mass is 10.1. The number of thiophene rings is 1. The minimum absolute atomic E-state index is 0.00700. The number of carbonyl (C=O) groups is 1. The highest BCUT2D eigenvalue weighted by molar-refractivity contribution is 7.92.